The van der Waals surface area contributed by atoms with E-state index in [1.807, 2.05) is 0 Å². The highest BCUT2D eigenvalue weighted by Gasteiger charge is 2.41. The highest BCUT2D eigenvalue weighted by Crippen LogP contribution is 2.54. The molecule has 0 radical (unpaired) electrons. The summed E-state index contributed by atoms with van der Waals surface area (Å²) in [4.78, 5) is 2.45. The van der Waals surface area contributed by atoms with Crippen LogP contribution in [0, 0.1) is 0 Å². The zero-order valence-corrected chi connectivity index (χ0v) is 38.4. The number of hydrogen-bond donors (Lipinski definition) is 0. The van der Waals surface area contributed by atoms with E-state index in [0.29, 0.717) is 0 Å². The molecule has 0 fully saturated rings. The van der Waals surface area contributed by atoms with Gasteiger partial charge in [0.15, 0.2) is 0 Å². The van der Waals surface area contributed by atoms with E-state index in [-0.39, 0.29) is 5.41 Å². The standard InChI is InChI=1S/C68H47N/c1-68(54-26-12-5-13-27-54)64-32-17-16-30-60(64)62-45-57(38-40-65(62)68)69(56-37-35-51-41-50(33-34-52(51)43-56)46-19-6-2-7-20-46)55-28-18-25-49(42-55)53-36-39-59-58-29-14-15-31-61(58)66(47-21-8-3-9-22-47)67(63(59)44-53)48-23-10-4-11-24-48/h2-45H,1H3. The zero-order valence-electron chi connectivity index (χ0n) is 38.4. The van der Waals surface area contributed by atoms with E-state index in [4.69, 9.17) is 0 Å². The maximum absolute atomic E-state index is 2.45. The average Bonchev–Trinajstić information content (AvgIpc) is 3.69. The van der Waals surface area contributed by atoms with Crippen LogP contribution in [0.3, 0.4) is 0 Å². The molecular weight excluding hydrogens is 831 g/mol. The molecule has 0 bridgehead atoms. The number of nitrogens with zero attached hydrogens (tertiary/aromatic N) is 1. The van der Waals surface area contributed by atoms with Gasteiger partial charge in [-0.3, -0.25) is 0 Å². The smallest absolute Gasteiger partial charge is 0.0468 e. The van der Waals surface area contributed by atoms with Crippen molar-refractivity contribution in [3.63, 3.8) is 0 Å². The van der Waals surface area contributed by atoms with Gasteiger partial charge < -0.3 is 4.90 Å². The van der Waals surface area contributed by atoms with Gasteiger partial charge in [-0.15, -0.1) is 0 Å². The summed E-state index contributed by atoms with van der Waals surface area (Å²) in [7, 11) is 0. The number of benzene rings is 12. The molecule has 1 aliphatic carbocycles. The van der Waals surface area contributed by atoms with Gasteiger partial charge in [-0.1, -0.05) is 218 Å². The van der Waals surface area contributed by atoms with Crippen molar-refractivity contribution < 1.29 is 0 Å². The fourth-order valence-electron chi connectivity index (χ4n) is 11.3. The first kappa shape index (κ1) is 40.5. The van der Waals surface area contributed by atoms with Gasteiger partial charge in [0.25, 0.3) is 0 Å². The molecule has 69 heavy (non-hydrogen) atoms. The Hall–Kier alpha value is -8.78. The third kappa shape index (κ3) is 6.77. The zero-order chi connectivity index (χ0) is 45.9. The Morgan fingerprint density at radius 2 is 0.768 bits per heavy atom. The molecule has 0 heterocycles. The summed E-state index contributed by atoms with van der Waals surface area (Å²) in [6.45, 7) is 2.39. The quantitative estimate of drug-likeness (QED) is 0.138. The molecular formula is C68H47N. The molecule has 1 unspecified atom stereocenters. The minimum Gasteiger partial charge on any atom is -0.310 e. The first-order valence-corrected chi connectivity index (χ1v) is 24.0. The lowest BCUT2D eigenvalue weighted by Gasteiger charge is -2.30. The Morgan fingerprint density at radius 3 is 1.52 bits per heavy atom. The predicted octanol–water partition coefficient (Wildman–Crippen LogP) is 18.6. The second-order valence-electron chi connectivity index (χ2n) is 18.6. The van der Waals surface area contributed by atoms with E-state index >= 15 is 0 Å². The topological polar surface area (TPSA) is 3.24 Å². The van der Waals surface area contributed by atoms with Gasteiger partial charge in [-0.2, -0.15) is 0 Å². The van der Waals surface area contributed by atoms with Crippen LogP contribution in [0.5, 0.6) is 0 Å². The molecule has 0 spiro atoms. The molecule has 12 aromatic carbocycles. The SMILES string of the molecule is CC1(c2ccccc2)c2ccccc2-c2cc(N(c3cccc(-c4ccc5c(c4)c(-c4ccccc4)c(-c4ccccc4)c4ccccc45)c3)c3ccc4cc(-c5ccccc5)ccc4c3)ccc21. The summed E-state index contributed by atoms with van der Waals surface area (Å²) in [5.74, 6) is 0. The van der Waals surface area contributed by atoms with Gasteiger partial charge in [-0.05, 0) is 160 Å². The maximum Gasteiger partial charge on any atom is 0.0468 e. The molecule has 1 nitrogen and oxygen atoms in total. The van der Waals surface area contributed by atoms with Crippen molar-refractivity contribution in [2.45, 2.75) is 12.3 Å². The number of rotatable bonds is 8. The highest BCUT2D eigenvalue weighted by molar-refractivity contribution is 6.22. The lowest BCUT2D eigenvalue weighted by molar-refractivity contribution is 0.714. The molecule has 0 saturated carbocycles. The van der Waals surface area contributed by atoms with Crippen molar-refractivity contribution in [3.05, 3.63) is 284 Å². The summed E-state index contributed by atoms with van der Waals surface area (Å²) < 4.78 is 0. The minimum absolute atomic E-state index is 0.281. The van der Waals surface area contributed by atoms with Crippen molar-refractivity contribution in [1.29, 1.82) is 0 Å². The van der Waals surface area contributed by atoms with Gasteiger partial charge in [0.2, 0.25) is 0 Å². The van der Waals surface area contributed by atoms with Crippen LogP contribution in [0.1, 0.15) is 23.6 Å². The number of hydrogen-bond acceptors (Lipinski definition) is 1. The summed E-state index contributed by atoms with van der Waals surface area (Å²) in [5, 5.41) is 7.41. The third-order valence-corrected chi connectivity index (χ3v) is 14.7. The second kappa shape index (κ2) is 16.5. The Balaban J connectivity index is 1.00. The van der Waals surface area contributed by atoms with Gasteiger partial charge in [0, 0.05) is 22.5 Å². The minimum atomic E-state index is -0.281. The molecule has 0 N–H and O–H groups in total. The number of fused-ring (bicyclic) bond motifs is 7. The van der Waals surface area contributed by atoms with Crippen molar-refractivity contribution in [2.75, 3.05) is 4.90 Å². The third-order valence-electron chi connectivity index (χ3n) is 14.7. The van der Waals surface area contributed by atoms with Gasteiger partial charge in [0.05, 0.1) is 0 Å². The van der Waals surface area contributed by atoms with Crippen LogP contribution in [0.25, 0.3) is 88.0 Å². The van der Waals surface area contributed by atoms with Crippen LogP contribution in [-0.4, -0.2) is 0 Å². The molecule has 1 aliphatic rings. The monoisotopic (exact) mass is 877 g/mol. The van der Waals surface area contributed by atoms with E-state index in [0.717, 1.165) is 22.6 Å². The first-order valence-electron chi connectivity index (χ1n) is 24.0. The molecule has 0 aliphatic heterocycles. The van der Waals surface area contributed by atoms with Gasteiger partial charge in [-0.25, -0.2) is 0 Å². The number of anilines is 3. The molecule has 13 rings (SSSR count). The predicted molar refractivity (Wildman–Crippen MR) is 293 cm³/mol. The average molecular weight is 878 g/mol. The van der Waals surface area contributed by atoms with E-state index < -0.39 is 0 Å². The second-order valence-corrected chi connectivity index (χ2v) is 18.6. The largest absolute Gasteiger partial charge is 0.310 e. The molecule has 0 amide bonds. The molecule has 0 saturated heterocycles. The first-order chi connectivity index (χ1) is 34.1. The van der Waals surface area contributed by atoms with Gasteiger partial charge >= 0.3 is 0 Å². The van der Waals surface area contributed by atoms with E-state index in [9.17, 15) is 0 Å². The Morgan fingerprint density at radius 1 is 0.275 bits per heavy atom. The molecule has 0 aromatic heterocycles. The summed E-state index contributed by atoms with van der Waals surface area (Å²) in [5.41, 5.74) is 19.2. The van der Waals surface area contributed by atoms with Crippen molar-refractivity contribution in [3.8, 4) is 55.6 Å². The molecule has 12 aromatic rings. The van der Waals surface area contributed by atoms with Crippen molar-refractivity contribution in [2.24, 2.45) is 0 Å². The highest BCUT2D eigenvalue weighted by atomic mass is 15.1. The fourth-order valence-corrected chi connectivity index (χ4v) is 11.3. The van der Waals surface area contributed by atoms with Crippen LogP contribution in [0.15, 0.2) is 267 Å². The fraction of sp³-hybridized carbons (Fsp3) is 0.0294. The van der Waals surface area contributed by atoms with E-state index in [2.05, 4.69) is 279 Å². The molecule has 1 heteroatoms. The van der Waals surface area contributed by atoms with Crippen LogP contribution >= 0.6 is 0 Å². The summed E-state index contributed by atoms with van der Waals surface area (Å²) >= 11 is 0. The Bertz CT molecular complexity index is 3890. The van der Waals surface area contributed by atoms with E-state index in [1.54, 1.807) is 0 Å². The normalized spacial score (nSPS) is 13.9. The lowest BCUT2D eigenvalue weighted by Crippen LogP contribution is -2.22. The molecule has 1 atom stereocenters. The van der Waals surface area contributed by atoms with Crippen molar-refractivity contribution in [1.82, 2.24) is 0 Å². The Labute approximate surface area is 403 Å². The Kier molecular flexibility index (Phi) is 9.70. The van der Waals surface area contributed by atoms with Crippen LogP contribution in [0.4, 0.5) is 17.1 Å². The summed E-state index contributed by atoms with van der Waals surface area (Å²) in [6, 6.07) is 98.4. The van der Waals surface area contributed by atoms with Crippen LogP contribution < -0.4 is 4.90 Å². The van der Waals surface area contributed by atoms with Crippen LogP contribution in [0.2, 0.25) is 0 Å². The van der Waals surface area contributed by atoms with Gasteiger partial charge in [0.1, 0.15) is 0 Å². The maximum atomic E-state index is 2.45. The van der Waals surface area contributed by atoms with E-state index in [1.165, 1.54) is 99.1 Å². The lowest BCUT2D eigenvalue weighted by atomic mass is 9.74. The molecule has 324 valence electrons. The van der Waals surface area contributed by atoms with Crippen LogP contribution in [-0.2, 0) is 5.41 Å². The summed E-state index contributed by atoms with van der Waals surface area (Å²) in [6.07, 6.45) is 0. The van der Waals surface area contributed by atoms with Crippen molar-refractivity contribution >= 4 is 49.4 Å².